The van der Waals surface area contributed by atoms with Crippen LogP contribution in [0, 0.1) is 5.92 Å². The first-order valence-corrected chi connectivity index (χ1v) is 3.74. The van der Waals surface area contributed by atoms with E-state index in [9.17, 15) is 9.18 Å². The van der Waals surface area contributed by atoms with Gasteiger partial charge >= 0.3 is 5.97 Å². The summed E-state index contributed by atoms with van der Waals surface area (Å²) in [7, 11) is 0. The number of hydrogen-bond acceptors (Lipinski definition) is 2. The van der Waals surface area contributed by atoms with Crippen molar-refractivity contribution < 1.29 is 14.3 Å². The van der Waals surface area contributed by atoms with Gasteiger partial charge in [-0.05, 0) is 6.54 Å². The molecule has 1 aliphatic rings. The third-order valence-electron chi connectivity index (χ3n) is 2.08. The fraction of sp³-hybridized carbons (Fsp3) is 0.857. The molecule has 0 amide bonds. The monoisotopic (exact) mass is 161 g/mol. The molecule has 0 radical (unpaired) electrons. The zero-order valence-electron chi connectivity index (χ0n) is 6.46. The number of aliphatic carboxylic acids is 1. The van der Waals surface area contributed by atoms with Gasteiger partial charge in [-0.1, -0.05) is 6.92 Å². The number of carbonyl (C=O) groups is 1. The van der Waals surface area contributed by atoms with E-state index in [-0.39, 0.29) is 5.92 Å². The van der Waals surface area contributed by atoms with Gasteiger partial charge in [0.2, 0.25) is 6.17 Å². The molecule has 0 aromatic rings. The van der Waals surface area contributed by atoms with Gasteiger partial charge in [0, 0.05) is 19.0 Å². The molecule has 64 valence electrons. The summed E-state index contributed by atoms with van der Waals surface area (Å²) in [6.07, 6.45) is -1.67. The highest BCUT2D eigenvalue weighted by Crippen LogP contribution is 2.20. The molecule has 1 aliphatic heterocycles. The molecule has 1 N–H and O–H groups in total. The van der Waals surface area contributed by atoms with Crippen molar-refractivity contribution in [3.8, 4) is 0 Å². The van der Waals surface area contributed by atoms with E-state index >= 15 is 0 Å². The molecule has 0 spiro atoms. The van der Waals surface area contributed by atoms with E-state index in [4.69, 9.17) is 5.11 Å². The highest BCUT2D eigenvalue weighted by molar-refractivity contribution is 5.72. The van der Waals surface area contributed by atoms with Gasteiger partial charge in [0.05, 0.1) is 0 Å². The highest BCUT2D eigenvalue weighted by atomic mass is 19.1. The van der Waals surface area contributed by atoms with Gasteiger partial charge in [-0.25, -0.2) is 9.18 Å². The number of hydrogen-bond donors (Lipinski definition) is 1. The highest BCUT2D eigenvalue weighted by Gasteiger charge is 2.36. The van der Waals surface area contributed by atoms with Gasteiger partial charge < -0.3 is 10.0 Å². The summed E-state index contributed by atoms with van der Waals surface area (Å²) in [5.74, 6) is -1.61. The van der Waals surface area contributed by atoms with Gasteiger partial charge in [0.15, 0.2) is 0 Å². The van der Waals surface area contributed by atoms with Crippen LogP contribution in [0.3, 0.4) is 0 Å². The lowest BCUT2D eigenvalue weighted by Gasteiger charge is -2.38. The van der Waals surface area contributed by atoms with Crippen molar-refractivity contribution in [2.24, 2.45) is 5.92 Å². The molecule has 4 heteroatoms. The maximum atomic E-state index is 12.7. The van der Waals surface area contributed by atoms with E-state index in [1.54, 1.807) is 0 Å². The van der Waals surface area contributed by atoms with Crippen LogP contribution in [-0.2, 0) is 4.79 Å². The molecule has 0 aliphatic carbocycles. The predicted octanol–water partition coefficient (Wildman–Crippen LogP) is 0.361. The van der Waals surface area contributed by atoms with Crippen LogP contribution in [0.2, 0.25) is 0 Å². The Morgan fingerprint density at radius 2 is 2.36 bits per heavy atom. The number of carboxylic acids is 1. The van der Waals surface area contributed by atoms with Gasteiger partial charge in [0.25, 0.3) is 0 Å². The molecule has 1 heterocycles. The van der Waals surface area contributed by atoms with Crippen molar-refractivity contribution in [1.29, 1.82) is 0 Å². The number of rotatable bonds is 3. The minimum Gasteiger partial charge on any atom is -0.479 e. The topological polar surface area (TPSA) is 40.5 Å². The van der Waals surface area contributed by atoms with Crippen molar-refractivity contribution in [3.05, 3.63) is 0 Å². The minimum absolute atomic E-state index is 0.285. The number of carboxylic acid groups (broad SMARTS) is 1. The summed E-state index contributed by atoms with van der Waals surface area (Å²) in [6.45, 7) is 4.03. The standard InChI is InChI=1S/C7H12FNO2/c1-2-9-3-5(4-9)6(8)7(10)11/h5-6H,2-4H2,1H3,(H,10,11). The number of likely N-dealkylation sites (tertiary alicyclic amines) is 1. The Bertz CT molecular complexity index is 157. The largest absolute Gasteiger partial charge is 0.479 e. The molecule has 1 fully saturated rings. The fourth-order valence-electron chi connectivity index (χ4n) is 1.25. The number of halogens is 1. The molecule has 11 heavy (non-hydrogen) atoms. The zero-order chi connectivity index (χ0) is 8.43. The van der Waals surface area contributed by atoms with Gasteiger partial charge in [-0.15, -0.1) is 0 Å². The van der Waals surface area contributed by atoms with E-state index in [2.05, 4.69) is 0 Å². The van der Waals surface area contributed by atoms with Crippen LogP contribution in [0.5, 0.6) is 0 Å². The van der Waals surface area contributed by atoms with Crippen LogP contribution < -0.4 is 0 Å². The van der Waals surface area contributed by atoms with Crippen molar-refractivity contribution in [2.75, 3.05) is 19.6 Å². The van der Waals surface area contributed by atoms with Crippen molar-refractivity contribution in [1.82, 2.24) is 4.90 Å². The van der Waals surface area contributed by atoms with E-state index in [0.29, 0.717) is 13.1 Å². The summed E-state index contributed by atoms with van der Waals surface area (Å²) in [4.78, 5) is 12.1. The summed E-state index contributed by atoms with van der Waals surface area (Å²) >= 11 is 0. The van der Waals surface area contributed by atoms with Crippen LogP contribution >= 0.6 is 0 Å². The van der Waals surface area contributed by atoms with Crippen LogP contribution in [0.15, 0.2) is 0 Å². The average Bonchev–Trinajstić information content (AvgIpc) is 1.85. The van der Waals surface area contributed by atoms with Crippen LogP contribution in [0.4, 0.5) is 4.39 Å². The summed E-state index contributed by atoms with van der Waals surface area (Å²) in [5, 5.41) is 8.28. The second-order valence-electron chi connectivity index (χ2n) is 2.85. The van der Waals surface area contributed by atoms with Gasteiger partial charge in [-0.3, -0.25) is 0 Å². The molecule has 1 saturated heterocycles. The van der Waals surface area contributed by atoms with Gasteiger partial charge in [-0.2, -0.15) is 0 Å². The van der Waals surface area contributed by atoms with E-state index < -0.39 is 12.1 Å². The second kappa shape index (κ2) is 3.17. The van der Waals surface area contributed by atoms with Crippen LogP contribution in [-0.4, -0.2) is 41.8 Å². The lowest BCUT2D eigenvalue weighted by Crippen LogP contribution is -2.52. The van der Waals surface area contributed by atoms with Crippen molar-refractivity contribution in [2.45, 2.75) is 13.1 Å². The number of alkyl halides is 1. The summed E-state index contributed by atoms with van der Waals surface area (Å²) in [6, 6.07) is 0. The Morgan fingerprint density at radius 3 is 2.73 bits per heavy atom. The third-order valence-corrected chi connectivity index (χ3v) is 2.08. The predicted molar refractivity (Wildman–Crippen MR) is 38.1 cm³/mol. The zero-order valence-corrected chi connectivity index (χ0v) is 6.46. The van der Waals surface area contributed by atoms with E-state index in [1.807, 2.05) is 11.8 Å². The maximum Gasteiger partial charge on any atom is 0.338 e. The Morgan fingerprint density at radius 1 is 1.82 bits per heavy atom. The first kappa shape index (κ1) is 8.46. The molecule has 0 bridgehead atoms. The van der Waals surface area contributed by atoms with Crippen LogP contribution in [0.25, 0.3) is 0 Å². The fourth-order valence-corrected chi connectivity index (χ4v) is 1.25. The first-order valence-electron chi connectivity index (χ1n) is 3.74. The Kier molecular flexibility index (Phi) is 2.44. The van der Waals surface area contributed by atoms with E-state index in [1.165, 1.54) is 0 Å². The Labute approximate surface area is 64.8 Å². The molecule has 1 unspecified atom stereocenters. The maximum absolute atomic E-state index is 12.7. The second-order valence-corrected chi connectivity index (χ2v) is 2.85. The molecular weight excluding hydrogens is 149 g/mol. The first-order chi connectivity index (χ1) is 5.15. The van der Waals surface area contributed by atoms with E-state index in [0.717, 1.165) is 6.54 Å². The molecule has 0 aromatic heterocycles. The molecule has 1 rings (SSSR count). The minimum atomic E-state index is -1.67. The summed E-state index contributed by atoms with van der Waals surface area (Å²) in [5.41, 5.74) is 0. The third kappa shape index (κ3) is 1.68. The Balaban J connectivity index is 2.26. The Hall–Kier alpha value is -0.640. The molecule has 0 aromatic carbocycles. The quantitative estimate of drug-likeness (QED) is 0.649. The molecular formula is C7H12FNO2. The smallest absolute Gasteiger partial charge is 0.338 e. The lowest BCUT2D eigenvalue weighted by molar-refractivity contribution is -0.147. The van der Waals surface area contributed by atoms with Crippen molar-refractivity contribution in [3.63, 3.8) is 0 Å². The number of nitrogens with zero attached hydrogens (tertiary/aromatic N) is 1. The molecule has 1 atom stereocenters. The SMILES string of the molecule is CCN1CC(C(F)C(=O)O)C1. The lowest BCUT2D eigenvalue weighted by atomic mass is 9.95. The summed E-state index contributed by atoms with van der Waals surface area (Å²) < 4.78 is 12.7. The van der Waals surface area contributed by atoms with Gasteiger partial charge in [0.1, 0.15) is 0 Å². The molecule has 0 saturated carbocycles. The normalized spacial score (nSPS) is 22.7. The average molecular weight is 161 g/mol. The molecule has 3 nitrogen and oxygen atoms in total. The van der Waals surface area contributed by atoms with Crippen LogP contribution in [0.1, 0.15) is 6.92 Å². The van der Waals surface area contributed by atoms with Crippen molar-refractivity contribution >= 4 is 5.97 Å².